The van der Waals surface area contributed by atoms with Crippen LogP contribution in [0.1, 0.15) is 51.3 Å². The van der Waals surface area contributed by atoms with Gasteiger partial charge in [-0.05, 0) is 39.3 Å². The number of hydrogen-bond donors (Lipinski definition) is 2. The number of amides is 2. The van der Waals surface area contributed by atoms with Gasteiger partial charge in [-0.2, -0.15) is 0 Å². The molecule has 6 heteroatoms. The molecule has 0 spiro atoms. The number of rotatable bonds is 5. The van der Waals surface area contributed by atoms with E-state index in [4.69, 9.17) is 0 Å². The maximum absolute atomic E-state index is 12.6. The summed E-state index contributed by atoms with van der Waals surface area (Å²) >= 11 is 0. The van der Waals surface area contributed by atoms with Crippen molar-refractivity contribution >= 4 is 17.5 Å². The van der Waals surface area contributed by atoms with Gasteiger partial charge in [-0.15, -0.1) is 0 Å². The number of nitrogens with one attached hydrogen (secondary N) is 2. The van der Waals surface area contributed by atoms with E-state index in [9.17, 15) is 9.59 Å². The molecule has 24 heavy (non-hydrogen) atoms. The topological polar surface area (TPSA) is 84.0 Å². The van der Waals surface area contributed by atoms with Crippen LogP contribution in [0, 0.1) is 20.8 Å². The van der Waals surface area contributed by atoms with Crippen LogP contribution in [0.15, 0.2) is 24.3 Å². The van der Waals surface area contributed by atoms with Crippen LogP contribution in [-0.4, -0.2) is 28.3 Å². The summed E-state index contributed by atoms with van der Waals surface area (Å²) in [7, 11) is 0. The zero-order chi connectivity index (χ0) is 17.7. The van der Waals surface area contributed by atoms with Gasteiger partial charge in [-0.3, -0.25) is 9.59 Å². The third-order valence-electron chi connectivity index (χ3n) is 3.58. The number of aromatic nitrogens is 2. The second-order valence-electron chi connectivity index (χ2n) is 5.67. The Kier molecular flexibility index (Phi) is 5.63. The highest BCUT2D eigenvalue weighted by Crippen LogP contribution is 2.13. The van der Waals surface area contributed by atoms with Crippen LogP contribution in [0.5, 0.6) is 0 Å². The van der Waals surface area contributed by atoms with E-state index in [0.717, 1.165) is 12.0 Å². The van der Waals surface area contributed by atoms with Gasteiger partial charge in [0.1, 0.15) is 0 Å². The third kappa shape index (κ3) is 4.16. The van der Waals surface area contributed by atoms with E-state index in [1.54, 1.807) is 26.0 Å². The predicted octanol–water partition coefficient (Wildman–Crippen LogP) is 2.79. The summed E-state index contributed by atoms with van der Waals surface area (Å²) in [5.41, 5.74) is 3.08. The van der Waals surface area contributed by atoms with Gasteiger partial charge in [-0.25, -0.2) is 9.97 Å². The summed E-state index contributed by atoms with van der Waals surface area (Å²) < 4.78 is 0. The average Bonchev–Trinajstić information content (AvgIpc) is 2.56. The molecule has 0 unspecified atom stereocenters. The van der Waals surface area contributed by atoms with Crippen LogP contribution in [0.3, 0.4) is 0 Å². The molecule has 2 N–H and O–H groups in total. The molecule has 6 nitrogen and oxygen atoms in total. The lowest BCUT2D eigenvalue weighted by Crippen LogP contribution is -2.29. The monoisotopic (exact) mass is 326 g/mol. The highest BCUT2D eigenvalue weighted by atomic mass is 16.2. The average molecular weight is 326 g/mol. The summed E-state index contributed by atoms with van der Waals surface area (Å²) in [6, 6.07) is 7.41. The molecule has 2 aromatic rings. The van der Waals surface area contributed by atoms with Gasteiger partial charge >= 0.3 is 0 Å². The largest absolute Gasteiger partial charge is 0.351 e. The smallest absolute Gasteiger partial charge is 0.276 e. The minimum absolute atomic E-state index is 0.0345. The van der Waals surface area contributed by atoms with Gasteiger partial charge in [0.2, 0.25) is 0 Å². The predicted molar refractivity (Wildman–Crippen MR) is 93.3 cm³/mol. The van der Waals surface area contributed by atoms with Gasteiger partial charge in [0.15, 0.2) is 11.4 Å². The third-order valence-corrected chi connectivity index (χ3v) is 3.58. The summed E-state index contributed by atoms with van der Waals surface area (Å²) in [6.07, 6.45) is 0.801. The lowest BCUT2D eigenvalue weighted by Gasteiger charge is -2.11. The Hall–Kier alpha value is -2.76. The minimum Gasteiger partial charge on any atom is -0.351 e. The summed E-state index contributed by atoms with van der Waals surface area (Å²) in [5, 5.41) is 5.50. The Labute approximate surface area is 141 Å². The molecule has 0 atom stereocenters. The van der Waals surface area contributed by atoms with E-state index in [-0.39, 0.29) is 17.3 Å². The first-order valence-electron chi connectivity index (χ1n) is 7.93. The number of benzene rings is 1. The first-order valence-corrected chi connectivity index (χ1v) is 7.93. The second-order valence-corrected chi connectivity index (χ2v) is 5.67. The van der Waals surface area contributed by atoms with Gasteiger partial charge in [0.05, 0.1) is 11.4 Å². The number of carbonyl (C=O) groups is 2. The van der Waals surface area contributed by atoms with Gasteiger partial charge in [0, 0.05) is 12.2 Å². The molecule has 0 bridgehead atoms. The van der Waals surface area contributed by atoms with E-state index < -0.39 is 5.91 Å². The van der Waals surface area contributed by atoms with Crippen molar-refractivity contribution < 1.29 is 9.59 Å². The molecule has 2 amide bonds. The van der Waals surface area contributed by atoms with E-state index in [0.29, 0.717) is 23.6 Å². The number of aryl methyl sites for hydroxylation is 3. The van der Waals surface area contributed by atoms with Crippen molar-refractivity contribution in [3.05, 3.63) is 52.6 Å². The maximum atomic E-state index is 12.6. The van der Waals surface area contributed by atoms with E-state index >= 15 is 0 Å². The summed E-state index contributed by atoms with van der Waals surface area (Å²) in [6.45, 7) is 7.97. The van der Waals surface area contributed by atoms with Crippen molar-refractivity contribution in [2.75, 3.05) is 11.9 Å². The van der Waals surface area contributed by atoms with E-state index in [2.05, 4.69) is 20.6 Å². The number of hydrogen-bond acceptors (Lipinski definition) is 4. The molecular weight excluding hydrogens is 304 g/mol. The first-order chi connectivity index (χ1) is 11.4. The number of carbonyl (C=O) groups excluding carboxylic acids is 2. The zero-order valence-electron chi connectivity index (χ0n) is 14.4. The SMILES string of the molecule is CCCNC(=O)c1nc(C)c(C)nc1C(=O)Nc1ccc(C)cc1. The highest BCUT2D eigenvalue weighted by Gasteiger charge is 2.22. The highest BCUT2D eigenvalue weighted by molar-refractivity contribution is 6.10. The number of nitrogens with zero attached hydrogens (tertiary/aromatic N) is 2. The molecule has 2 rings (SSSR count). The van der Waals surface area contributed by atoms with Crippen LogP contribution in [0.4, 0.5) is 5.69 Å². The van der Waals surface area contributed by atoms with Gasteiger partial charge in [-0.1, -0.05) is 24.6 Å². The van der Waals surface area contributed by atoms with Crippen LogP contribution in [0.25, 0.3) is 0 Å². The molecule has 1 aromatic carbocycles. The molecule has 0 saturated carbocycles. The molecule has 0 aliphatic heterocycles. The molecular formula is C18H22N4O2. The van der Waals surface area contributed by atoms with Gasteiger partial charge < -0.3 is 10.6 Å². The van der Waals surface area contributed by atoms with E-state index in [1.165, 1.54) is 0 Å². The summed E-state index contributed by atoms with van der Waals surface area (Å²) in [4.78, 5) is 33.4. The van der Waals surface area contributed by atoms with Crippen molar-refractivity contribution in [2.45, 2.75) is 34.1 Å². The Morgan fingerprint density at radius 3 is 2.00 bits per heavy atom. The zero-order valence-corrected chi connectivity index (χ0v) is 14.4. The Morgan fingerprint density at radius 2 is 1.46 bits per heavy atom. The van der Waals surface area contributed by atoms with Crippen LogP contribution in [-0.2, 0) is 0 Å². The number of anilines is 1. The molecule has 1 aromatic heterocycles. The second kappa shape index (κ2) is 7.68. The lowest BCUT2D eigenvalue weighted by molar-refractivity contribution is 0.0933. The quantitative estimate of drug-likeness (QED) is 0.885. The maximum Gasteiger partial charge on any atom is 0.276 e. The first kappa shape index (κ1) is 17.6. The van der Waals surface area contributed by atoms with Crippen molar-refractivity contribution in [1.82, 2.24) is 15.3 Å². The van der Waals surface area contributed by atoms with Crippen molar-refractivity contribution in [2.24, 2.45) is 0 Å². The lowest BCUT2D eigenvalue weighted by atomic mass is 10.2. The Bertz CT molecular complexity index is 754. The van der Waals surface area contributed by atoms with Crippen LogP contribution >= 0.6 is 0 Å². The summed E-state index contributed by atoms with van der Waals surface area (Å²) in [5.74, 6) is -0.836. The van der Waals surface area contributed by atoms with Crippen molar-refractivity contribution in [3.8, 4) is 0 Å². The van der Waals surface area contributed by atoms with Crippen molar-refractivity contribution in [3.63, 3.8) is 0 Å². The fourth-order valence-electron chi connectivity index (χ4n) is 2.07. The van der Waals surface area contributed by atoms with Gasteiger partial charge in [0.25, 0.3) is 11.8 Å². The van der Waals surface area contributed by atoms with E-state index in [1.807, 2.05) is 26.0 Å². The molecule has 0 radical (unpaired) electrons. The molecule has 0 saturated heterocycles. The molecule has 126 valence electrons. The fraction of sp³-hybridized carbons (Fsp3) is 0.333. The molecule has 0 aliphatic carbocycles. The standard InChI is InChI=1S/C18H22N4O2/c1-5-10-19-17(23)15-16(21-13(4)12(3)20-15)18(24)22-14-8-6-11(2)7-9-14/h6-9H,5,10H2,1-4H3,(H,19,23)(H,22,24). The van der Waals surface area contributed by atoms with Crippen LogP contribution < -0.4 is 10.6 Å². The Balaban J connectivity index is 2.32. The van der Waals surface area contributed by atoms with Crippen LogP contribution in [0.2, 0.25) is 0 Å². The fourth-order valence-corrected chi connectivity index (χ4v) is 2.07. The molecule has 0 fully saturated rings. The minimum atomic E-state index is -0.448. The Morgan fingerprint density at radius 1 is 0.917 bits per heavy atom. The normalized spacial score (nSPS) is 10.3. The molecule has 0 aliphatic rings. The van der Waals surface area contributed by atoms with Crippen molar-refractivity contribution in [1.29, 1.82) is 0 Å². The molecule has 1 heterocycles.